The molecule has 0 fully saturated rings. The second-order valence-corrected chi connectivity index (χ2v) is 4.31. The molecule has 2 N–H and O–H groups in total. The van der Waals surface area contributed by atoms with Gasteiger partial charge in [-0.1, -0.05) is 32.1 Å². The van der Waals surface area contributed by atoms with E-state index in [9.17, 15) is 0 Å². The molecule has 1 atom stereocenters. The molecule has 0 rings (SSSR count). The Kier molecular flexibility index (Phi) is 10.3. The smallest absolute Gasteiger partial charge is 0.0477 e. The summed E-state index contributed by atoms with van der Waals surface area (Å²) in [4.78, 5) is 0. The molecule has 0 heterocycles. The van der Waals surface area contributed by atoms with Crippen molar-refractivity contribution < 1.29 is 0 Å². The van der Waals surface area contributed by atoms with Crippen LogP contribution in [-0.4, -0.2) is 11.1 Å². The summed E-state index contributed by atoms with van der Waals surface area (Å²) < 4.78 is 0. The average Bonchev–Trinajstić information content (AvgIpc) is 2.02. The number of thiol groups is 2. The second kappa shape index (κ2) is 9.75. The Labute approximate surface area is 87.3 Å². The summed E-state index contributed by atoms with van der Waals surface area (Å²) in [5, 5.41) is 0.0856. The van der Waals surface area contributed by atoms with E-state index in [4.69, 9.17) is 5.73 Å². The third-order valence-electron chi connectivity index (χ3n) is 1.91. The Morgan fingerprint density at radius 1 is 0.917 bits per heavy atom. The van der Waals surface area contributed by atoms with E-state index in [0.717, 1.165) is 12.2 Å². The van der Waals surface area contributed by atoms with Crippen LogP contribution >= 0.6 is 25.3 Å². The molecule has 0 aliphatic carbocycles. The normalized spacial score (nSPS) is 13.2. The van der Waals surface area contributed by atoms with Gasteiger partial charge < -0.3 is 5.73 Å². The van der Waals surface area contributed by atoms with Crippen molar-refractivity contribution in [1.82, 2.24) is 0 Å². The van der Waals surface area contributed by atoms with Gasteiger partial charge in [-0.25, -0.2) is 0 Å². The van der Waals surface area contributed by atoms with Gasteiger partial charge >= 0.3 is 0 Å². The standard InChI is InChI=1S/C9H21NS2/c10-9(12)7-5-3-1-2-4-6-8-11/h9,11-12H,1-8,10H2. The maximum atomic E-state index is 5.51. The average molecular weight is 207 g/mol. The topological polar surface area (TPSA) is 26.0 Å². The van der Waals surface area contributed by atoms with Crippen molar-refractivity contribution in [2.24, 2.45) is 5.73 Å². The lowest BCUT2D eigenvalue weighted by atomic mass is 10.1. The maximum Gasteiger partial charge on any atom is 0.0477 e. The first-order chi connectivity index (χ1) is 5.77. The molecule has 0 spiro atoms. The second-order valence-electron chi connectivity index (χ2n) is 3.20. The summed E-state index contributed by atoms with van der Waals surface area (Å²) in [5.41, 5.74) is 5.51. The Hall–Kier alpha value is 0.660. The van der Waals surface area contributed by atoms with Gasteiger partial charge in [-0.05, 0) is 18.6 Å². The van der Waals surface area contributed by atoms with Crippen molar-refractivity contribution in [2.75, 3.05) is 5.75 Å². The van der Waals surface area contributed by atoms with Crippen LogP contribution in [-0.2, 0) is 0 Å². The van der Waals surface area contributed by atoms with Gasteiger partial charge in [0.1, 0.15) is 0 Å². The molecular formula is C9H21NS2. The summed E-state index contributed by atoms with van der Waals surface area (Å²) in [6, 6.07) is 0. The lowest BCUT2D eigenvalue weighted by Crippen LogP contribution is -2.10. The predicted octanol–water partition coefficient (Wildman–Crippen LogP) is 2.86. The Morgan fingerprint density at radius 3 is 1.92 bits per heavy atom. The molecule has 1 unspecified atom stereocenters. The van der Waals surface area contributed by atoms with Crippen molar-refractivity contribution in [3.8, 4) is 0 Å². The zero-order valence-corrected chi connectivity index (χ0v) is 9.49. The van der Waals surface area contributed by atoms with Crippen LogP contribution in [0.4, 0.5) is 0 Å². The molecule has 0 aliphatic heterocycles. The summed E-state index contributed by atoms with van der Waals surface area (Å²) >= 11 is 8.29. The molecule has 0 bridgehead atoms. The molecule has 0 radical (unpaired) electrons. The highest BCUT2D eigenvalue weighted by Gasteiger charge is 1.94. The molecule has 3 heteroatoms. The molecule has 0 aromatic carbocycles. The minimum atomic E-state index is 0.0856. The van der Waals surface area contributed by atoms with Gasteiger partial charge in [-0.3, -0.25) is 0 Å². The summed E-state index contributed by atoms with van der Waals surface area (Å²) in [6.07, 6.45) is 8.87. The highest BCUT2D eigenvalue weighted by molar-refractivity contribution is 7.80. The molecule has 0 aromatic rings. The minimum absolute atomic E-state index is 0.0856. The van der Waals surface area contributed by atoms with E-state index < -0.39 is 0 Å². The quantitative estimate of drug-likeness (QED) is 0.318. The zero-order chi connectivity index (χ0) is 9.23. The molecular weight excluding hydrogens is 186 g/mol. The van der Waals surface area contributed by atoms with E-state index in [2.05, 4.69) is 25.3 Å². The molecule has 0 aliphatic rings. The molecule has 0 amide bonds. The van der Waals surface area contributed by atoms with Crippen LogP contribution in [0.2, 0.25) is 0 Å². The summed E-state index contributed by atoms with van der Waals surface area (Å²) in [6.45, 7) is 0. The van der Waals surface area contributed by atoms with Gasteiger partial charge in [0.25, 0.3) is 0 Å². The van der Waals surface area contributed by atoms with Crippen LogP contribution in [0.3, 0.4) is 0 Å². The molecule has 12 heavy (non-hydrogen) atoms. The minimum Gasteiger partial charge on any atom is -0.320 e. The largest absolute Gasteiger partial charge is 0.320 e. The van der Waals surface area contributed by atoms with Crippen LogP contribution in [0.15, 0.2) is 0 Å². The molecule has 1 nitrogen and oxygen atoms in total. The molecule has 0 saturated heterocycles. The van der Waals surface area contributed by atoms with Crippen LogP contribution in [0.25, 0.3) is 0 Å². The fourth-order valence-corrected chi connectivity index (χ4v) is 1.58. The third kappa shape index (κ3) is 10.7. The van der Waals surface area contributed by atoms with Crippen LogP contribution in [0, 0.1) is 0 Å². The van der Waals surface area contributed by atoms with E-state index in [1.54, 1.807) is 0 Å². The number of hydrogen-bond donors (Lipinski definition) is 3. The first-order valence-corrected chi connectivity index (χ1v) is 5.96. The molecule has 0 aromatic heterocycles. The first kappa shape index (κ1) is 12.7. The lowest BCUT2D eigenvalue weighted by Gasteiger charge is -2.03. The highest BCUT2D eigenvalue weighted by Crippen LogP contribution is 2.09. The maximum absolute atomic E-state index is 5.51. The number of rotatable bonds is 8. The van der Waals surface area contributed by atoms with Gasteiger partial charge in [-0.15, -0.1) is 0 Å². The van der Waals surface area contributed by atoms with Crippen molar-refractivity contribution in [1.29, 1.82) is 0 Å². The van der Waals surface area contributed by atoms with E-state index in [0.29, 0.717) is 0 Å². The van der Waals surface area contributed by atoms with E-state index >= 15 is 0 Å². The van der Waals surface area contributed by atoms with Gasteiger partial charge in [0.05, 0.1) is 0 Å². The lowest BCUT2D eigenvalue weighted by molar-refractivity contribution is 0.587. The van der Waals surface area contributed by atoms with Crippen LogP contribution in [0.1, 0.15) is 44.9 Å². The first-order valence-electron chi connectivity index (χ1n) is 4.82. The van der Waals surface area contributed by atoms with Gasteiger partial charge in [0.2, 0.25) is 0 Å². The van der Waals surface area contributed by atoms with E-state index in [-0.39, 0.29) is 5.37 Å². The fraction of sp³-hybridized carbons (Fsp3) is 1.00. The van der Waals surface area contributed by atoms with Gasteiger partial charge in [0.15, 0.2) is 0 Å². The Bertz CT molecular complexity index is 86.6. The van der Waals surface area contributed by atoms with Crippen molar-refractivity contribution in [2.45, 2.75) is 50.3 Å². The summed E-state index contributed by atoms with van der Waals surface area (Å²) in [7, 11) is 0. The van der Waals surface area contributed by atoms with Crippen molar-refractivity contribution in [3.05, 3.63) is 0 Å². The van der Waals surface area contributed by atoms with Gasteiger partial charge in [0, 0.05) is 5.37 Å². The van der Waals surface area contributed by atoms with E-state index in [1.165, 1.54) is 38.5 Å². The zero-order valence-electron chi connectivity index (χ0n) is 7.71. The van der Waals surface area contributed by atoms with Gasteiger partial charge in [-0.2, -0.15) is 25.3 Å². The van der Waals surface area contributed by atoms with Crippen molar-refractivity contribution in [3.63, 3.8) is 0 Å². The van der Waals surface area contributed by atoms with Crippen LogP contribution < -0.4 is 5.73 Å². The summed E-state index contributed by atoms with van der Waals surface area (Å²) in [5.74, 6) is 1.03. The highest BCUT2D eigenvalue weighted by atomic mass is 32.1. The van der Waals surface area contributed by atoms with Crippen LogP contribution in [0.5, 0.6) is 0 Å². The molecule has 0 saturated carbocycles. The van der Waals surface area contributed by atoms with E-state index in [1.807, 2.05) is 0 Å². The Balaban J connectivity index is 2.82. The number of hydrogen-bond acceptors (Lipinski definition) is 3. The SMILES string of the molecule is NC(S)CCCCCCCCS. The predicted molar refractivity (Wildman–Crippen MR) is 63.1 cm³/mol. The van der Waals surface area contributed by atoms with Crippen molar-refractivity contribution >= 4 is 25.3 Å². The number of unbranched alkanes of at least 4 members (excludes halogenated alkanes) is 5. The number of nitrogens with two attached hydrogens (primary N) is 1. The Morgan fingerprint density at radius 2 is 1.42 bits per heavy atom. The third-order valence-corrected chi connectivity index (χ3v) is 2.48. The fourth-order valence-electron chi connectivity index (χ4n) is 1.17. The monoisotopic (exact) mass is 207 g/mol. The molecule has 74 valence electrons.